The van der Waals surface area contributed by atoms with Gasteiger partial charge in [-0.3, -0.25) is 0 Å². The fourth-order valence-corrected chi connectivity index (χ4v) is 2.12. The topological polar surface area (TPSA) is 70.1 Å². The van der Waals surface area contributed by atoms with Gasteiger partial charge in [-0.25, -0.2) is 9.97 Å². The normalized spacial score (nSPS) is 15.7. The summed E-state index contributed by atoms with van der Waals surface area (Å²) in [5.74, 6) is 0.897. The van der Waals surface area contributed by atoms with E-state index in [-0.39, 0.29) is 24.8 Å². The van der Waals surface area contributed by atoms with Crippen LogP contribution in [0.1, 0.15) is 17.1 Å². The van der Waals surface area contributed by atoms with Crippen molar-refractivity contribution in [2.45, 2.75) is 32.0 Å². The summed E-state index contributed by atoms with van der Waals surface area (Å²) in [6.07, 6.45) is -5.67. The summed E-state index contributed by atoms with van der Waals surface area (Å²) in [6.45, 7) is 2.60. The number of aryl methyl sites for hydroxylation is 1. The summed E-state index contributed by atoms with van der Waals surface area (Å²) < 4.78 is 36.9. The third kappa shape index (κ3) is 5.42. The van der Waals surface area contributed by atoms with Crippen LogP contribution in [-0.4, -0.2) is 47.0 Å². The molecule has 0 aromatic carbocycles. The Morgan fingerprint density at radius 2 is 1.86 bits per heavy atom. The first-order chi connectivity index (χ1) is 9.38. The van der Waals surface area contributed by atoms with E-state index in [9.17, 15) is 13.2 Å². The molecular weight excluding hydrogens is 344 g/mol. The minimum Gasteiger partial charge on any atom is -0.382 e. The number of halogens is 5. The van der Waals surface area contributed by atoms with Crippen LogP contribution < -0.4 is 10.6 Å². The first-order valence-corrected chi connectivity index (χ1v) is 6.43. The largest absolute Gasteiger partial charge is 0.416 e. The molecule has 0 spiro atoms. The second-order valence-electron chi connectivity index (χ2n) is 4.73. The Morgan fingerprint density at radius 1 is 1.23 bits per heavy atom. The minimum absolute atomic E-state index is 0. The van der Waals surface area contributed by atoms with E-state index in [0.717, 1.165) is 30.8 Å². The van der Waals surface area contributed by atoms with Crippen molar-refractivity contribution in [1.29, 1.82) is 0 Å². The molecule has 0 radical (unpaired) electrons. The second kappa shape index (κ2) is 8.71. The second-order valence-corrected chi connectivity index (χ2v) is 4.73. The van der Waals surface area contributed by atoms with Crippen molar-refractivity contribution in [3.05, 3.63) is 17.1 Å². The Bertz CT molecular complexity index is 488. The molecule has 0 bridgehead atoms. The highest BCUT2D eigenvalue weighted by Crippen LogP contribution is 2.23. The number of rotatable bonds is 3. The van der Waals surface area contributed by atoms with Gasteiger partial charge in [0.25, 0.3) is 0 Å². The van der Waals surface area contributed by atoms with Gasteiger partial charge < -0.3 is 15.7 Å². The lowest BCUT2D eigenvalue weighted by molar-refractivity contribution is -0.198. The van der Waals surface area contributed by atoms with Crippen molar-refractivity contribution in [1.82, 2.24) is 15.3 Å². The van der Waals surface area contributed by atoms with Crippen molar-refractivity contribution in [3.8, 4) is 0 Å². The number of alkyl halides is 3. The summed E-state index contributed by atoms with van der Waals surface area (Å²) in [4.78, 5) is 8.49. The highest BCUT2D eigenvalue weighted by molar-refractivity contribution is 5.85. The van der Waals surface area contributed by atoms with Gasteiger partial charge >= 0.3 is 6.18 Å². The van der Waals surface area contributed by atoms with Crippen LogP contribution in [0, 0.1) is 6.92 Å². The molecule has 5 nitrogen and oxygen atoms in total. The summed E-state index contributed by atoms with van der Waals surface area (Å²) >= 11 is 0. The zero-order valence-electron chi connectivity index (χ0n) is 11.9. The van der Waals surface area contributed by atoms with E-state index >= 15 is 0 Å². The maximum Gasteiger partial charge on any atom is 0.416 e. The third-order valence-corrected chi connectivity index (χ3v) is 3.14. The quantitative estimate of drug-likeness (QED) is 0.762. The number of fused-ring (bicyclic) bond motifs is 1. The van der Waals surface area contributed by atoms with Crippen LogP contribution in [0.25, 0.3) is 0 Å². The molecule has 0 fully saturated rings. The van der Waals surface area contributed by atoms with Crippen molar-refractivity contribution < 1.29 is 18.3 Å². The number of nitrogens with zero attached hydrogens (tertiary/aromatic N) is 2. The lowest BCUT2D eigenvalue weighted by Gasteiger charge is -2.18. The van der Waals surface area contributed by atoms with E-state index in [1.165, 1.54) is 0 Å². The maximum atomic E-state index is 12.3. The van der Waals surface area contributed by atoms with Crippen molar-refractivity contribution in [2.75, 3.05) is 25.0 Å². The molecule has 1 atom stereocenters. The zero-order valence-corrected chi connectivity index (χ0v) is 13.5. The summed E-state index contributed by atoms with van der Waals surface area (Å²) in [5, 5.41) is 14.8. The van der Waals surface area contributed by atoms with Gasteiger partial charge in [0.1, 0.15) is 11.6 Å². The lowest BCUT2D eigenvalue weighted by Crippen LogP contribution is -2.35. The molecule has 1 unspecified atom stereocenters. The number of hydrogen-bond donors (Lipinski definition) is 3. The molecule has 0 saturated carbocycles. The van der Waals surface area contributed by atoms with Crippen molar-refractivity contribution in [3.63, 3.8) is 0 Å². The standard InChI is InChI=1S/C12H17F3N4O.2ClH/c1-7-18-9-3-5-16-4-2-8(9)11(19-7)17-6-10(20)12(13,14)15;;/h10,16,20H,2-6H2,1H3,(H,17,18,19);2*1H. The molecule has 1 aromatic rings. The lowest BCUT2D eigenvalue weighted by atomic mass is 10.1. The summed E-state index contributed by atoms with van der Waals surface area (Å²) in [5.41, 5.74) is 1.68. The van der Waals surface area contributed by atoms with Gasteiger partial charge in [0.15, 0.2) is 6.10 Å². The number of aliphatic hydroxyl groups is 1. The van der Waals surface area contributed by atoms with Gasteiger partial charge in [0.05, 0.1) is 12.2 Å². The Balaban J connectivity index is 0.00000220. The molecule has 128 valence electrons. The van der Waals surface area contributed by atoms with Gasteiger partial charge in [0.2, 0.25) is 0 Å². The van der Waals surface area contributed by atoms with E-state index in [4.69, 9.17) is 5.11 Å². The third-order valence-electron chi connectivity index (χ3n) is 3.14. The summed E-state index contributed by atoms with van der Waals surface area (Å²) in [6, 6.07) is 0. The van der Waals surface area contributed by atoms with Gasteiger partial charge in [-0.05, 0) is 19.9 Å². The van der Waals surface area contributed by atoms with E-state index in [1.807, 2.05) is 0 Å². The smallest absolute Gasteiger partial charge is 0.382 e. The average molecular weight is 363 g/mol. The van der Waals surface area contributed by atoms with Gasteiger partial charge in [-0.15, -0.1) is 24.8 Å². The monoisotopic (exact) mass is 362 g/mol. The molecule has 1 aliphatic rings. The van der Waals surface area contributed by atoms with Crippen LogP contribution in [0.4, 0.5) is 19.0 Å². The fraction of sp³-hybridized carbons (Fsp3) is 0.667. The average Bonchev–Trinajstić information content (AvgIpc) is 2.59. The molecule has 10 heteroatoms. The predicted octanol–water partition coefficient (Wildman–Crippen LogP) is 1.65. The number of aliphatic hydroxyl groups excluding tert-OH is 1. The number of anilines is 1. The first-order valence-electron chi connectivity index (χ1n) is 6.43. The molecule has 0 aliphatic carbocycles. The van der Waals surface area contributed by atoms with Gasteiger partial charge in [0, 0.05) is 18.5 Å². The SMILES string of the molecule is Cc1nc2c(c(NCC(O)C(F)(F)F)n1)CCNCC2.Cl.Cl. The summed E-state index contributed by atoms with van der Waals surface area (Å²) in [7, 11) is 0. The molecule has 1 aromatic heterocycles. The highest BCUT2D eigenvalue weighted by Gasteiger charge is 2.38. The Kier molecular flexibility index (Phi) is 8.38. The predicted molar refractivity (Wildman–Crippen MR) is 82.1 cm³/mol. The van der Waals surface area contributed by atoms with Crippen molar-refractivity contribution >= 4 is 30.6 Å². The first kappa shape index (κ1) is 21.2. The van der Waals surface area contributed by atoms with E-state index in [0.29, 0.717) is 18.1 Å². The molecule has 3 N–H and O–H groups in total. The van der Waals surface area contributed by atoms with Crippen LogP contribution in [-0.2, 0) is 12.8 Å². The number of nitrogens with one attached hydrogen (secondary N) is 2. The molecule has 0 saturated heterocycles. The van der Waals surface area contributed by atoms with Crippen LogP contribution in [0.3, 0.4) is 0 Å². The van der Waals surface area contributed by atoms with Crippen LogP contribution in [0.15, 0.2) is 0 Å². The van der Waals surface area contributed by atoms with E-state index in [1.54, 1.807) is 6.92 Å². The van der Waals surface area contributed by atoms with Gasteiger partial charge in [-0.1, -0.05) is 0 Å². The Hall–Kier alpha value is -0.830. The fourth-order valence-electron chi connectivity index (χ4n) is 2.12. The molecular formula is C12H19Cl2F3N4O. The van der Waals surface area contributed by atoms with E-state index < -0.39 is 18.8 Å². The molecule has 22 heavy (non-hydrogen) atoms. The molecule has 2 heterocycles. The zero-order chi connectivity index (χ0) is 14.8. The van der Waals surface area contributed by atoms with Gasteiger partial charge in [-0.2, -0.15) is 13.2 Å². The van der Waals surface area contributed by atoms with Crippen LogP contribution >= 0.6 is 24.8 Å². The Labute approximate surface area is 138 Å². The Morgan fingerprint density at radius 3 is 2.50 bits per heavy atom. The number of aromatic nitrogens is 2. The maximum absolute atomic E-state index is 12.3. The minimum atomic E-state index is -4.63. The number of hydrogen-bond acceptors (Lipinski definition) is 5. The highest BCUT2D eigenvalue weighted by atomic mass is 35.5. The van der Waals surface area contributed by atoms with Crippen LogP contribution in [0.2, 0.25) is 0 Å². The molecule has 0 amide bonds. The van der Waals surface area contributed by atoms with Crippen molar-refractivity contribution in [2.24, 2.45) is 0 Å². The molecule has 2 rings (SSSR count). The van der Waals surface area contributed by atoms with Crippen LogP contribution in [0.5, 0.6) is 0 Å². The molecule has 1 aliphatic heterocycles. The van der Waals surface area contributed by atoms with E-state index in [2.05, 4.69) is 20.6 Å².